The normalized spacial score (nSPS) is 9.91. The number of carbonyl (C=O) groups excluding carboxylic acids is 1. The Hall–Kier alpha value is -2.10. The number of hydrogen-bond acceptors (Lipinski definition) is 3. The SMILES string of the molecule is N#Cc1ccc(Cl)cc1NC(=O)CNc1ccc(Br)cc1F. The van der Waals surface area contributed by atoms with E-state index in [1.54, 1.807) is 12.1 Å². The van der Waals surface area contributed by atoms with Crippen LogP contribution in [0.1, 0.15) is 5.56 Å². The Labute approximate surface area is 140 Å². The molecule has 4 nitrogen and oxygen atoms in total. The van der Waals surface area contributed by atoms with Crippen molar-refractivity contribution in [3.8, 4) is 6.07 Å². The van der Waals surface area contributed by atoms with Gasteiger partial charge < -0.3 is 10.6 Å². The molecule has 0 aliphatic heterocycles. The van der Waals surface area contributed by atoms with Crippen molar-refractivity contribution >= 4 is 44.8 Å². The summed E-state index contributed by atoms with van der Waals surface area (Å²) in [6, 6.07) is 11.0. The molecule has 0 heterocycles. The molecular formula is C15H10BrClFN3O. The van der Waals surface area contributed by atoms with Gasteiger partial charge in [-0.15, -0.1) is 0 Å². The number of nitrogens with one attached hydrogen (secondary N) is 2. The van der Waals surface area contributed by atoms with E-state index in [4.69, 9.17) is 16.9 Å². The van der Waals surface area contributed by atoms with E-state index in [1.807, 2.05) is 6.07 Å². The van der Waals surface area contributed by atoms with E-state index >= 15 is 0 Å². The topological polar surface area (TPSA) is 64.9 Å². The smallest absolute Gasteiger partial charge is 0.243 e. The van der Waals surface area contributed by atoms with Crippen LogP contribution in [-0.2, 0) is 4.79 Å². The predicted octanol–water partition coefficient (Wildman–Crippen LogP) is 4.16. The summed E-state index contributed by atoms with van der Waals surface area (Å²) >= 11 is 8.99. The summed E-state index contributed by atoms with van der Waals surface area (Å²) in [5, 5.41) is 14.6. The van der Waals surface area contributed by atoms with Crippen LogP contribution in [0.3, 0.4) is 0 Å². The van der Waals surface area contributed by atoms with E-state index in [2.05, 4.69) is 26.6 Å². The average molecular weight is 383 g/mol. The van der Waals surface area contributed by atoms with Crippen molar-refractivity contribution in [2.24, 2.45) is 0 Å². The molecule has 0 aliphatic rings. The summed E-state index contributed by atoms with van der Waals surface area (Å²) < 4.78 is 14.2. The van der Waals surface area contributed by atoms with Gasteiger partial charge in [0.05, 0.1) is 23.5 Å². The number of amides is 1. The van der Waals surface area contributed by atoms with Crippen LogP contribution in [0.15, 0.2) is 40.9 Å². The highest BCUT2D eigenvalue weighted by atomic mass is 79.9. The summed E-state index contributed by atoms with van der Waals surface area (Å²) in [5.41, 5.74) is 0.829. The lowest BCUT2D eigenvalue weighted by Gasteiger charge is -2.10. The largest absolute Gasteiger partial charge is 0.374 e. The van der Waals surface area contributed by atoms with Crippen LogP contribution in [0, 0.1) is 17.1 Å². The summed E-state index contributed by atoms with van der Waals surface area (Å²) in [7, 11) is 0. The third-order valence-corrected chi connectivity index (χ3v) is 3.48. The van der Waals surface area contributed by atoms with E-state index in [9.17, 15) is 9.18 Å². The van der Waals surface area contributed by atoms with Crippen molar-refractivity contribution < 1.29 is 9.18 Å². The molecule has 0 saturated carbocycles. The number of hydrogen-bond donors (Lipinski definition) is 2. The molecule has 0 aliphatic carbocycles. The molecule has 0 spiro atoms. The van der Waals surface area contributed by atoms with Crippen LogP contribution >= 0.6 is 27.5 Å². The molecule has 112 valence electrons. The number of rotatable bonds is 4. The number of halogens is 3. The van der Waals surface area contributed by atoms with Gasteiger partial charge in [0.2, 0.25) is 5.91 Å². The third-order valence-electron chi connectivity index (χ3n) is 2.75. The molecule has 0 fully saturated rings. The Bertz CT molecular complexity index is 761. The van der Waals surface area contributed by atoms with E-state index in [-0.39, 0.29) is 12.2 Å². The van der Waals surface area contributed by atoms with E-state index < -0.39 is 11.7 Å². The second-order valence-electron chi connectivity index (χ2n) is 4.33. The van der Waals surface area contributed by atoms with Crippen molar-refractivity contribution in [3.63, 3.8) is 0 Å². The summed E-state index contributed by atoms with van der Waals surface area (Å²) in [5.74, 6) is -0.885. The van der Waals surface area contributed by atoms with Crippen LogP contribution in [0.2, 0.25) is 5.02 Å². The first-order chi connectivity index (χ1) is 10.5. The molecule has 2 aromatic carbocycles. The molecule has 0 atom stereocenters. The average Bonchev–Trinajstić information content (AvgIpc) is 2.46. The van der Waals surface area contributed by atoms with E-state index in [0.29, 0.717) is 20.7 Å². The quantitative estimate of drug-likeness (QED) is 0.834. The maximum absolute atomic E-state index is 13.6. The number of nitrogens with zero attached hydrogens (tertiary/aromatic N) is 1. The molecule has 0 radical (unpaired) electrons. The molecule has 0 aromatic heterocycles. The Kier molecular flexibility index (Phi) is 5.36. The molecule has 1 amide bonds. The number of anilines is 2. The van der Waals surface area contributed by atoms with Gasteiger partial charge in [-0.3, -0.25) is 4.79 Å². The molecule has 2 aromatic rings. The highest BCUT2D eigenvalue weighted by Crippen LogP contribution is 2.21. The van der Waals surface area contributed by atoms with Crippen molar-refractivity contribution in [1.29, 1.82) is 5.26 Å². The van der Waals surface area contributed by atoms with Gasteiger partial charge in [0.15, 0.2) is 0 Å². The third kappa shape index (κ3) is 4.20. The zero-order chi connectivity index (χ0) is 16.1. The molecule has 0 bridgehead atoms. The lowest BCUT2D eigenvalue weighted by Crippen LogP contribution is -2.22. The monoisotopic (exact) mass is 381 g/mol. The van der Waals surface area contributed by atoms with Crippen molar-refractivity contribution in [1.82, 2.24) is 0 Å². The van der Waals surface area contributed by atoms with Crippen LogP contribution in [0.25, 0.3) is 0 Å². The zero-order valence-corrected chi connectivity index (χ0v) is 13.5. The molecule has 7 heteroatoms. The van der Waals surface area contributed by atoms with Crippen LogP contribution < -0.4 is 10.6 Å². The number of carbonyl (C=O) groups is 1. The molecule has 22 heavy (non-hydrogen) atoms. The Morgan fingerprint density at radius 3 is 2.73 bits per heavy atom. The maximum Gasteiger partial charge on any atom is 0.243 e. The first-order valence-corrected chi connectivity index (χ1v) is 7.35. The van der Waals surface area contributed by atoms with Gasteiger partial charge in [0.1, 0.15) is 11.9 Å². The van der Waals surface area contributed by atoms with Gasteiger partial charge in [-0.05, 0) is 36.4 Å². The van der Waals surface area contributed by atoms with E-state index in [0.717, 1.165) is 0 Å². The fourth-order valence-electron chi connectivity index (χ4n) is 1.72. The van der Waals surface area contributed by atoms with Gasteiger partial charge in [-0.1, -0.05) is 27.5 Å². The van der Waals surface area contributed by atoms with E-state index in [1.165, 1.54) is 24.3 Å². The highest BCUT2D eigenvalue weighted by molar-refractivity contribution is 9.10. The van der Waals surface area contributed by atoms with Crippen LogP contribution in [0.4, 0.5) is 15.8 Å². The Morgan fingerprint density at radius 1 is 1.27 bits per heavy atom. The summed E-state index contributed by atoms with van der Waals surface area (Å²) in [6.45, 7) is -0.143. The summed E-state index contributed by atoms with van der Waals surface area (Å²) in [4.78, 5) is 11.9. The van der Waals surface area contributed by atoms with Crippen LogP contribution in [0.5, 0.6) is 0 Å². The van der Waals surface area contributed by atoms with Crippen molar-refractivity contribution in [2.45, 2.75) is 0 Å². The van der Waals surface area contributed by atoms with Gasteiger partial charge in [0.25, 0.3) is 0 Å². The first-order valence-electron chi connectivity index (χ1n) is 6.18. The molecular weight excluding hydrogens is 373 g/mol. The Morgan fingerprint density at radius 2 is 2.05 bits per heavy atom. The van der Waals surface area contributed by atoms with Crippen molar-refractivity contribution in [2.75, 3.05) is 17.2 Å². The van der Waals surface area contributed by atoms with Crippen molar-refractivity contribution in [3.05, 3.63) is 57.3 Å². The summed E-state index contributed by atoms with van der Waals surface area (Å²) in [6.07, 6.45) is 0. The fraction of sp³-hybridized carbons (Fsp3) is 0.0667. The minimum Gasteiger partial charge on any atom is -0.374 e. The maximum atomic E-state index is 13.6. The highest BCUT2D eigenvalue weighted by Gasteiger charge is 2.09. The molecule has 2 N–H and O–H groups in total. The second-order valence-corrected chi connectivity index (χ2v) is 5.68. The minimum atomic E-state index is -0.470. The fourth-order valence-corrected chi connectivity index (χ4v) is 2.23. The minimum absolute atomic E-state index is 0.143. The predicted molar refractivity (Wildman–Crippen MR) is 87.4 cm³/mol. The Balaban J connectivity index is 2.02. The number of benzene rings is 2. The van der Waals surface area contributed by atoms with Gasteiger partial charge in [0, 0.05) is 9.50 Å². The van der Waals surface area contributed by atoms with Gasteiger partial charge >= 0.3 is 0 Å². The second kappa shape index (κ2) is 7.25. The number of nitriles is 1. The lowest BCUT2D eigenvalue weighted by molar-refractivity contribution is -0.114. The lowest BCUT2D eigenvalue weighted by atomic mass is 10.2. The molecule has 2 rings (SSSR count). The molecule has 0 unspecified atom stereocenters. The molecule has 0 saturated heterocycles. The van der Waals surface area contributed by atoms with Crippen LogP contribution in [-0.4, -0.2) is 12.5 Å². The van der Waals surface area contributed by atoms with Gasteiger partial charge in [-0.2, -0.15) is 5.26 Å². The first kappa shape index (κ1) is 16.3. The zero-order valence-electron chi connectivity index (χ0n) is 11.2. The standard InChI is InChI=1S/C15H10BrClFN3O/c16-10-2-4-13(12(18)5-10)20-8-15(22)21-14-6-11(17)3-1-9(14)7-19/h1-6,20H,8H2,(H,21,22). The van der Waals surface area contributed by atoms with Gasteiger partial charge in [-0.25, -0.2) is 4.39 Å².